The molecule has 20 heavy (non-hydrogen) atoms. The molecule has 3 aromatic rings. The Morgan fingerprint density at radius 2 is 1.80 bits per heavy atom. The average Bonchev–Trinajstić information content (AvgIpc) is 2.98. The normalized spacial score (nSPS) is 10.4. The molecule has 0 unspecified atom stereocenters. The third-order valence-corrected chi connectivity index (χ3v) is 2.92. The zero-order valence-electron chi connectivity index (χ0n) is 10.5. The van der Waals surface area contributed by atoms with Crippen LogP contribution in [0.15, 0.2) is 61.2 Å². The summed E-state index contributed by atoms with van der Waals surface area (Å²) in [6.45, 7) is 0. The molecule has 98 valence electrons. The first-order chi connectivity index (χ1) is 9.75. The topological polar surface area (TPSA) is 68.0 Å². The van der Waals surface area contributed by atoms with Crippen LogP contribution in [0.5, 0.6) is 0 Å². The predicted molar refractivity (Wildman–Crippen MR) is 73.8 cm³/mol. The molecule has 1 N–H and O–H groups in total. The average molecular weight is 265 g/mol. The molecular weight excluding hydrogens is 254 g/mol. The lowest BCUT2D eigenvalue weighted by Gasteiger charge is -2.05. The minimum Gasteiger partial charge on any atom is -0.478 e. The fourth-order valence-electron chi connectivity index (χ4n) is 1.98. The maximum atomic E-state index is 11.2. The Morgan fingerprint density at radius 3 is 2.55 bits per heavy atom. The van der Waals surface area contributed by atoms with Gasteiger partial charge in [0, 0.05) is 12.4 Å². The fourth-order valence-corrected chi connectivity index (χ4v) is 1.98. The van der Waals surface area contributed by atoms with E-state index < -0.39 is 5.97 Å². The highest BCUT2D eigenvalue weighted by Gasteiger charge is 2.11. The predicted octanol–water partition coefficient (Wildman–Crippen LogP) is 2.63. The van der Waals surface area contributed by atoms with Gasteiger partial charge in [0.1, 0.15) is 12.0 Å². The van der Waals surface area contributed by atoms with Crippen molar-refractivity contribution in [3.8, 4) is 17.1 Å². The van der Waals surface area contributed by atoms with Crippen LogP contribution in [0.4, 0.5) is 0 Å². The van der Waals surface area contributed by atoms with Crippen molar-refractivity contribution in [1.82, 2.24) is 14.5 Å². The van der Waals surface area contributed by atoms with Crippen molar-refractivity contribution < 1.29 is 9.90 Å². The first-order valence-corrected chi connectivity index (χ1v) is 6.04. The number of aromatic nitrogens is 3. The number of pyridine rings is 1. The maximum Gasteiger partial charge on any atom is 0.337 e. The first-order valence-electron chi connectivity index (χ1n) is 6.04. The standard InChI is InChI=1S/C15H11N3O2/c19-15(20)11-5-1-2-7-14(11)18-9-13(17-10-18)12-6-3-4-8-16-12/h1-10H,(H,19,20). The summed E-state index contributed by atoms with van der Waals surface area (Å²) in [6, 6.07) is 12.4. The van der Waals surface area contributed by atoms with Gasteiger partial charge in [0.25, 0.3) is 0 Å². The second-order valence-electron chi connectivity index (χ2n) is 4.20. The second-order valence-corrected chi connectivity index (χ2v) is 4.20. The highest BCUT2D eigenvalue weighted by atomic mass is 16.4. The Bertz CT molecular complexity index is 751. The Morgan fingerprint density at radius 1 is 1.00 bits per heavy atom. The number of carbonyl (C=O) groups is 1. The molecule has 0 spiro atoms. The molecule has 0 aliphatic heterocycles. The van der Waals surface area contributed by atoms with Gasteiger partial charge in [-0.1, -0.05) is 18.2 Å². The molecule has 0 saturated carbocycles. The summed E-state index contributed by atoms with van der Waals surface area (Å²) in [5.74, 6) is -0.964. The fraction of sp³-hybridized carbons (Fsp3) is 0. The van der Waals surface area contributed by atoms with Gasteiger partial charge < -0.3 is 9.67 Å². The number of imidazole rings is 1. The van der Waals surface area contributed by atoms with Gasteiger partial charge in [0.05, 0.1) is 16.9 Å². The number of nitrogens with zero attached hydrogens (tertiary/aromatic N) is 3. The van der Waals surface area contributed by atoms with Gasteiger partial charge in [-0.15, -0.1) is 0 Å². The van der Waals surface area contributed by atoms with Crippen LogP contribution in [0.1, 0.15) is 10.4 Å². The van der Waals surface area contributed by atoms with Crippen LogP contribution in [0, 0.1) is 0 Å². The molecule has 0 aliphatic rings. The van der Waals surface area contributed by atoms with Crippen LogP contribution in [-0.4, -0.2) is 25.6 Å². The van der Waals surface area contributed by atoms with E-state index in [1.165, 1.54) is 0 Å². The number of benzene rings is 1. The third kappa shape index (κ3) is 2.16. The molecule has 5 nitrogen and oxygen atoms in total. The number of aromatic carboxylic acids is 1. The minimum atomic E-state index is -0.964. The molecule has 1 aromatic carbocycles. The summed E-state index contributed by atoms with van der Waals surface area (Å²) in [5, 5.41) is 9.20. The molecule has 0 amide bonds. The number of hydrogen-bond acceptors (Lipinski definition) is 3. The zero-order chi connectivity index (χ0) is 13.9. The molecule has 0 atom stereocenters. The zero-order valence-corrected chi connectivity index (χ0v) is 10.5. The van der Waals surface area contributed by atoms with E-state index in [0.717, 1.165) is 5.69 Å². The van der Waals surface area contributed by atoms with Crippen LogP contribution < -0.4 is 0 Å². The molecule has 3 rings (SSSR count). The van der Waals surface area contributed by atoms with Crippen LogP contribution >= 0.6 is 0 Å². The molecule has 0 saturated heterocycles. The van der Waals surface area contributed by atoms with Gasteiger partial charge >= 0.3 is 5.97 Å². The van der Waals surface area contributed by atoms with E-state index >= 15 is 0 Å². The van der Waals surface area contributed by atoms with E-state index in [1.807, 2.05) is 18.2 Å². The number of rotatable bonds is 3. The molecule has 2 heterocycles. The molecule has 0 aliphatic carbocycles. The Labute approximate surface area is 115 Å². The van der Waals surface area contributed by atoms with E-state index in [2.05, 4.69) is 9.97 Å². The molecule has 2 aromatic heterocycles. The maximum absolute atomic E-state index is 11.2. The van der Waals surface area contributed by atoms with E-state index in [-0.39, 0.29) is 5.56 Å². The molecule has 0 fully saturated rings. The number of hydrogen-bond donors (Lipinski definition) is 1. The van der Waals surface area contributed by atoms with Gasteiger partial charge in [-0.2, -0.15) is 0 Å². The van der Waals surface area contributed by atoms with Crippen molar-refractivity contribution in [2.75, 3.05) is 0 Å². The minimum absolute atomic E-state index is 0.234. The summed E-state index contributed by atoms with van der Waals surface area (Å²) < 4.78 is 1.69. The Hall–Kier alpha value is -2.95. The summed E-state index contributed by atoms with van der Waals surface area (Å²) >= 11 is 0. The van der Waals surface area contributed by atoms with Crippen molar-refractivity contribution in [1.29, 1.82) is 0 Å². The van der Waals surface area contributed by atoms with Crippen LogP contribution in [0.3, 0.4) is 0 Å². The van der Waals surface area contributed by atoms with Crippen molar-refractivity contribution in [3.63, 3.8) is 0 Å². The van der Waals surface area contributed by atoms with Crippen molar-refractivity contribution in [3.05, 3.63) is 66.7 Å². The molecule has 0 radical (unpaired) electrons. The Kier molecular flexibility index (Phi) is 3.01. The van der Waals surface area contributed by atoms with Gasteiger partial charge in [-0.25, -0.2) is 9.78 Å². The summed E-state index contributed by atoms with van der Waals surface area (Å²) in [6.07, 6.45) is 5.05. The van der Waals surface area contributed by atoms with E-state index in [0.29, 0.717) is 11.4 Å². The smallest absolute Gasteiger partial charge is 0.337 e. The molecule has 0 bridgehead atoms. The van der Waals surface area contributed by atoms with Crippen molar-refractivity contribution in [2.24, 2.45) is 0 Å². The first kappa shape index (κ1) is 12.1. The van der Waals surface area contributed by atoms with Crippen LogP contribution in [-0.2, 0) is 0 Å². The lowest BCUT2D eigenvalue weighted by atomic mass is 10.2. The van der Waals surface area contributed by atoms with E-state index in [4.69, 9.17) is 0 Å². The number of carboxylic acids is 1. The third-order valence-electron chi connectivity index (χ3n) is 2.92. The summed E-state index contributed by atoms with van der Waals surface area (Å²) in [7, 11) is 0. The van der Waals surface area contributed by atoms with Gasteiger partial charge in [0.2, 0.25) is 0 Å². The lowest BCUT2D eigenvalue weighted by molar-refractivity contribution is 0.0697. The number of carboxylic acid groups (broad SMARTS) is 1. The van der Waals surface area contributed by atoms with E-state index in [9.17, 15) is 9.90 Å². The van der Waals surface area contributed by atoms with Crippen LogP contribution in [0.2, 0.25) is 0 Å². The molecular formula is C15H11N3O2. The van der Waals surface area contributed by atoms with Crippen LogP contribution in [0.25, 0.3) is 17.1 Å². The van der Waals surface area contributed by atoms with E-state index in [1.54, 1.807) is 47.6 Å². The summed E-state index contributed by atoms with van der Waals surface area (Å²) in [4.78, 5) is 19.7. The summed E-state index contributed by atoms with van der Waals surface area (Å²) in [5.41, 5.74) is 2.26. The SMILES string of the molecule is O=C(O)c1ccccc1-n1cnc(-c2ccccn2)c1. The monoisotopic (exact) mass is 265 g/mol. The van der Waals surface area contributed by atoms with Crippen molar-refractivity contribution in [2.45, 2.75) is 0 Å². The van der Waals surface area contributed by atoms with Gasteiger partial charge in [-0.3, -0.25) is 4.98 Å². The number of para-hydroxylation sites is 1. The quantitative estimate of drug-likeness (QED) is 0.790. The lowest BCUT2D eigenvalue weighted by Crippen LogP contribution is -2.03. The highest BCUT2D eigenvalue weighted by Crippen LogP contribution is 2.19. The van der Waals surface area contributed by atoms with Crippen molar-refractivity contribution >= 4 is 5.97 Å². The largest absolute Gasteiger partial charge is 0.478 e. The Balaban J connectivity index is 2.05. The van der Waals surface area contributed by atoms with Gasteiger partial charge in [0.15, 0.2) is 0 Å². The highest BCUT2D eigenvalue weighted by molar-refractivity contribution is 5.91. The van der Waals surface area contributed by atoms with Gasteiger partial charge in [-0.05, 0) is 24.3 Å². The molecule has 5 heteroatoms. The second kappa shape index (κ2) is 4.97.